The molecule has 4 aromatic rings. The first kappa shape index (κ1) is 30.3. The molecule has 1 N–H and O–H groups in total. The number of piperazine rings is 1. The fourth-order valence-corrected chi connectivity index (χ4v) is 5.97. The monoisotopic (exact) mass is 615 g/mol. The number of amides is 1. The molecule has 0 unspecified atom stereocenters. The number of pyridine rings is 2. The summed E-state index contributed by atoms with van der Waals surface area (Å²) in [6.45, 7) is 11.8. The molecule has 0 saturated carbocycles. The maximum Gasteiger partial charge on any atom is 0.355 e. The second-order valence-corrected chi connectivity index (χ2v) is 11.7. The van der Waals surface area contributed by atoms with Gasteiger partial charge in [0, 0.05) is 49.7 Å². The van der Waals surface area contributed by atoms with Gasteiger partial charge in [-0.15, -0.1) is 0 Å². The molecule has 1 amide bonds. The minimum atomic E-state index is -0.764. The van der Waals surface area contributed by atoms with Crippen LogP contribution < -0.4 is 15.9 Å². The van der Waals surface area contributed by atoms with Crippen molar-refractivity contribution in [3.05, 3.63) is 82.6 Å². The van der Waals surface area contributed by atoms with Gasteiger partial charge in [0.05, 0.1) is 30.0 Å². The molecule has 0 aliphatic carbocycles. The van der Waals surface area contributed by atoms with E-state index in [1.807, 2.05) is 31.7 Å². The molecule has 1 aromatic carbocycles. The van der Waals surface area contributed by atoms with Gasteiger partial charge in [0.15, 0.2) is 5.65 Å². The van der Waals surface area contributed by atoms with Crippen molar-refractivity contribution in [3.63, 3.8) is 0 Å². The highest BCUT2D eigenvalue weighted by Crippen LogP contribution is 2.34. The molecule has 45 heavy (non-hydrogen) atoms. The molecule has 1 fully saturated rings. The van der Waals surface area contributed by atoms with Crippen LogP contribution >= 0.6 is 0 Å². The van der Waals surface area contributed by atoms with E-state index in [0.29, 0.717) is 62.9 Å². The molecule has 3 aromatic heterocycles. The number of halogens is 2. The lowest BCUT2D eigenvalue weighted by Crippen LogP contribution is -2.54. The zero-order chi connectivity index (χ0) is 31.8. The topological polar surface area (TPSA) is 105 Å². The normalized spacial score (nSPS) is 17.1. The van der Waals surface area contributed by atoms with Crippen molar-refractivity contribution in [2.75, 3.05) is 49.6 Å². The lowest BCUT2D eigenvalue weighted by molar-refractivity contribution is -0.126. The van der Waals surface area contributed by atoms with Gasteiger partial charge in [0.25, 0.3) is 0 Å². The van der Waals surface area contributed by atoms with E-state index in [1.165, 1.54) is 28.8 Å². The Kier molecular flexibility index (Phi) is 8.32. The van der Waals surface area contributed by atoms with Crippen LogP contribution in [-0.2, 0) is 16.0 Å². The molecule has 2 aliphatic rings. The molecule has 5 heterocycles. The molecule has 12 heteroatoms. The number of ether oxygens (including phenoxy) is 1. The maximum atomic E-state index is 16.1. The Morgan fingerprint density at radius 3 is 2.71 bits per heavy atom. The average Bonchev–Trinajstić information content (AvgIpc) is 3.02. The molecule has 6 bridgehead atoms. The van der Waals surface area contributed by atoms with Crippen LogP contribution in [0.5, 0.6) is 0 Å². The number of aromatic nitrogens is 4. The first-order valence-corrected chi connectivity index (χ1v) is 15.1. The summed E-state index contributed by atoms with van der Waals surface area (Å²) >= 11 is 0. The summed E-state index contributed by atoms with van der Waals surface area (Å²) < 4.78 is 38.6. The van der Waals surface area contributed by atoms with Gasteiger partial charge in [0.2, 0.25) is 5.91 Å². The molecular weight excluding hydrogens is 580 g/mol. The lowest BCUT2D eigenvalue weighted by Gasteiger charge is -2.40. The molecule has 234 valence electrons. The first-order chi connectivity index (χ1) is 21.7. The zero-order valence-corrected chi connectivity index (χ0v) is 25.5. The van der Waals surface area contributed by atoms with Gasteiger partial charge in [-0.25, -0.2) is 23.1 Å². The third-order valence-electron chi connectivity index (χ3n) is 8.26. The highest BCUT2D eigenvalue weighted by molar-refractivity contribution is 5.91. The van der Waals surface area contributed by atoms with E-state index >= 15 is 8.78 Å². The van der Waals surface area contributed by atoms with Crippen LogP contribution in [0.15, 0.2) is 54.0 Å². The van der Waals surface area contributed by atoms with Gasteiger partial charge in [-0.3, -0.25) is 9.78 Å². The molecule has 10 nitrogen and oxygen atoms in total. The molecule has 6 rings (SSSR count). The van der Waals surface area contributed by atoms with Crippen molar-refractivity contribution in [2.45, 2.75) is 39.2 Å². The molecule has 0 spiro atoms. The van der Waals surface area contributed by atoms with Crippen LogP contribution in [0.3, 0.4) is 0 Å². The Morgan fingerprint density at radius 2 is 1.96 bits per heavy atom. The number of rotatable bonds is 3. The highest BCUT2D eigenvalue weighted by Gasteiger charge is 2.30. The van der Waals surface area contributed by atoms with Crippen molar-refractivity contribution < 1.29 is 18.3 Å². The van der Waals surface area contributed by atoms with Crippen LogP contribution in [0.1, 0.15) is 37.9 Å². The van der Waals surface area contributed by atoms with Crippen LogP contribution in [0.25, 0.3) is 28.0 Å². The van der Waals surface area contributed by atoms with E-state index < -0.39 is 17.3 Å². The third-order valence-corrected chi connectivity index (χ3v) is 8.26. The van der Waals surface area contributed by atoms with E-state index in [2.05, 4.69) is 16.9 Å². The molecule has 1 atom stereocenters. The second-order valence-electron chi connectivity index (χ2n) is 11.7. The number of anilines is 2. The average molecular weight is 616 g/mol. The summed E-state index contributed by atoms with van der Waals surface area (Å²) in [7, 11) is 0. The van der Waals surface area contributed by atoms with Gasteiger partial charge < -0.3 is 19.9 Å². The third kappa shape index (κ3) is 5.77. The predicted octanol–water partition coefficient (Wildman–Crippen LogP) is 4.45. The van der Waals surface area contributed by atoms with E-state index in [1.54, 1.807) is 17.2 Å². The SMILES string of the molecule is C=CC(=O)N1CCN(c2nc(=O)n3c4nc(c(F)cc24)-c2cc(ccc2F)NCCOCCc2cnc(C(C)C)c-3c2)[C@@H](C)C1. The molecule has 1 saturated heterocycles. The van der Waals surface area contributed by atoms with E-state index in [9.17, 15) is 9.59 Å². The number of carbonyl (C=O) groups is 1. The Morgan fingerprint density at radius 1 is 1.13 bits per heavy atom. The van der Waals surface area contributed by atoms with Crippen molar-refractivity contribution in [2.24, 2.45) is 0 Å². The van der Waals surface area contributed by atoms with Crippen LogP contribution in [-0.4, -0.2) is 75.8 Å². The standard InChI is InChI=1S/C33H35F2N7O3/c1-5-28(43)40-10-11-41(20(4)18-40)31-24-16-26(35)30-23-15-22(6-7-25(23)34)36-9-13-45-12-8-21-14-27(29(19(2)3)37-17-21)42(32(24)38-30)33(44)39-31/h5-7,14-17,19-20,36H,1,8-13,18H2,2-4H3/t20-/m0/s1. The lowest BCUT2D eigenvalue weighted by atomic mass is 10.0. The van der Waals surface area contributed by atoms with Crippen molar-refractivity contribution in [1.29, 1.82) is 0 Å². The van der Waals surface area contributed by atoms with Crippen LogP contribution in [0.2, 0.25) is 0 Å². The Balaban J connectivity index is 1.64. The minimum absolute atomic E-state index is 0.0503. The van der Waals surface area contributed by atoms with Gasteiger partial charge in [-0.2, -0.15) is 4.98 Å². The Labute approximate surface area is 259 Å². The smallest absolute Gasteiger partial charge is 0.355 e. The fourth-order valence-electron chi connectivity index (χ4n) is 5.97. The molecular formula is C33H35F2N7O3. The van der Waals surface area contributed by atoms with Gasteiger partial charge in [0.1, 0.15) is 23.1 Å². The largest absolute Gasteiger partial charge is 0.383 e. The van der Waals surface area contributed by atoms with Crippen molar-refractivity contribution in [3.8, 4) is 16.9 Å². The summed E-state index contributed by atoms with van der Waals surface area (Å²) in [5.74, 6) is -1.44. The van der Waals surface area contributed by atoms with E-state index in [4.69, 9.17) is 14.7 Å². The number of carbonyl (C=O) groups excluding carboxylic acids is 1. The number of fused-ring (bicyclic) bond motifs is 7. The van der Waals surface area contributed by atoms with Crippen molar-refractivity contribution >= 4 is 28.4 Å². The summed E-state index contributed by atoms with van der Waals surface area (Å²) in [5.41, 5.74) is 1.73. The quantitative estimate of drug-likeness (QED) is 0.337. The van der Waals surface area contributed by atoms with Crippen LogP contribution in [0.4, 0.5) is 20.3 Å². The van der Waals surface area contributed by atoms with Crippen LogP contribution in [0, 0.1) is 11.6 Å². The predicted molar refractivity (Wildman–Crippen MR) is 169 cm³/mol. The summed E-state index contributed by atoms with van der Waals surface area (Å²) in [5, 5.41) is 3.47. The highest BCUT2D eigenvalue weighted by atomic mass is 19.1. The number of hydrogen-bond donors (Lipinski definition) is 1. The molecule has 2 aliphatic heterocycles. The minimum Gasteiger partial charge on any atom is -0.383 e. The van der Waals surface area contributed by atoms with Gasteiger partial charge in [-0.05, 0) is 61.2 Å². The number of benzene rings is 1. The van der Waals surface area contributed by atoms with Gasteiger partial charge in [-0.1, -0.05) is 20.4 Å². The molecule has 0 radical (unpaired) electrons. The summed E-state index contributed by atoms with van der Waals surface area (Å²) in [6, 6.07) is 7.22. The van der Waals surface area contributed by atoms with Crippen molar-refractivity contribution in [1.82, 2.24) is 24.4 Å². The maximum absolute atomic E-state index is 16.1. The van der Waals surface area contributed by atoms with E-state index in [0.717, 1.165) is 5.56 Å². The first-order valence-electron chi connectivity index (χ1n) is 15.1. The summed E-state index contributed by atoms with van der Waals surface area (Å²) in [4.78, 5) is 43.9. The van der Waals surface area contributed by atoms with Gasteiger partial charge >= 0.3 is 5.69 Å². The number of hydrogen-bond acceptors (Lipinski definition) is 8. The zero-order valence-electron chi connectivity index (χ0n) is 25.5. The number of nitrogens with zero attached hydrogens (tertiary/aromatic N) is 6. The second kappa shape index (κ2) is 12.4. The fraction of sp³-hybridized carbons (Fsp3) is 0.364. The Hall–Kier alpha value is -4.71. The summed E-state index contributed by atoms with van der Waals surface area (Å²) in [6.07, 6.45) is 3.59. The number of nitrogens with one attached hydrogen (secondary N) is 1. The Bertz CT molecular complexity index is 1860. The van der Waals surface area contributed by atoms with E-state index in [-0.39, 0.29) is 46.0 Å².